The molecule has 1 saturated carbocycles. The van der Waals surface area contributed by atoms with Crippen LogP contribution in [0.15, 0.2) is 18.2 Å². The highest BCUT2D eigenvalue weighted by molar-refractivity contribution is 5.58. The Morgan fingerprint density at radius 2 is 2.19 bits per heavy atom. The Morgan fingerprint density at radius 1 is 1.38 bits per heavy atom. The molecule has 0 saturated heterocycles. The molecule has 3 heteroatoms. The zero-order valence-corrected chi connectivity index (χ0v) is 9.38. The van der Waals surface area contributed by atoms with Gasteiger partial charge in [0, 0.05) is 24.3 Å². The molecule has 3 rings (SSSR count). The van der Waals surface area contributed by atoms with E-state index in [1.807, 2.05) is 6.07 Å². The predicted octanol–water partition coefficient (Wildman–Crippen LogP) is 2.07. The Bertz CT molecular complexity index is 412. The van der Waals surface area contributed by atoms with Crippen molar-refractivity contribution < 1.29 is 4.39 Å². The quantitative estimate of drug-likeness (QED) is 0.826. The van der Waals surface area contributed by atoms with Crippen molar-refractivity contribution in [1.82, 2.24) is 0 Å². The fourth-order valence-corrected chi connectivity index (χ4v) is 2.75. The number of anilines is 1. The number of hydrogen-bond donors (Lipinski definition) is 1. The van der Waals surface area contributed by atoms with Crippen LogP contribution in [0.5, 0.6) is 0 Å². The third-order valence-electron chi connectivity index (χ3n) is 3.89. The predicted molar refractivity (Wildman–Crippen MR) is 63.1 cm³/mol. The van der Waals surface area contributed by atoms with E-state index in [1.165, 1.54) is 12.0 Å². The topological polar surface area (TPSA) is 29.3 Å². The molecule has 1 aliphatic carbocycles. The van der Waals surface area contributed by atoms with E-state index in [4.69, 9.17) is 5.73 Å². The minimum atomic E-state index is -0.148. The van der Waals surface area contributed by atoms with Crippen LogP contribution < -0.4 is 10.6 Å². The van der Waals surface area contributed by atoms with Crippen molar-refractivity contribution in [2.45, 2.75) is 31.2 Å². The maximum atomic E-state index is 13.2. The number of benzene rings is 1. The lowest BCUT2D eigenvalue weighted by Crippen LogP contribution is -2.54. The average Bonchev–Trinajstić information content (AvgIpc) is 2.59. The largest absolute Gasteiger partial charge is 0.369 e. The van der Waals surface area contributed by atoms with Crippen LogP contribution >= 0.6 is 0 Å². The number of nitrogens with zero attached hydrogens (tertiary/aromatic N) is 1. The van der Waals surface area contributed by atoms with Crippen LogP contribution in [0.3, 0.4) is 0 Å². The average molecular weight is 220 g/mol. The van der Waals surface area contributed by atoms with Gasteiger partial charge in [0.05, 0.1) is 0 Å². The van der Waals surface area contributed by atoms with Crippen LogP contribution in [0, 0.1) is 5.82 Å². The first-order valence-electron chi connectivity index (χ1n) is 5.99. The molecule has 0 unspecified atom stereocenters. The summed E-state index contributed by atoms with van der Waals surface area (Å²) in [7, 11) is 0. The number of rotatable bonds is 2. The van der Waals surface area contributed by atoms with Crippen molar-refractivity contribution in [2.75, 3.05) is 18.0 Å². The van der Waals surface area contributed by atoms with E-state index in [9.17, 15) is 4.39 Å². The van der Waals surface area contributed by atoms with Gasteiger partial charge < -0.3 is 10.6 Å². The van der Waals surface area contributed by atoms with Gasteiger partial charge >= 0.3 is 0 Å². The summed E-state index contributed by atoms with van der Waals surface area (Å²) in [4.78, 5) is 2.25. The standard InChI is InChI=1S/C13H17FN2/c14-11-3-2-10-4-7-16(12(10)8-11)9-13(15)5-1-6-13/h2-3,8H,1,4-7,9,15H2. The number of halogens is 1. The molecule has 0 amide bonds. The summed E-state index contributed by atoms with van der Waals surface area (Å²) < 4.78 is 13.2. The first kappa shape index (κ1) is 10.1. The van der Waals surface area contributed by atoms with Crippen LogP contribution in [-0.2, 0) is 6.42 Å². The number of nitrogens with two attached hydrogens (primary N) is 1. The smallest absolute Gasteiger partial charge is 0.125 e. The van der Waals surface area contributed by atoms with Gasteiger partial charge in [0.25, 0.3) is 0 Å². The van der Waals surface area contributed by atoms with Gasteiger partial charge in [-0.1, -0.05) is 6.07 Å². The lowest BCUT2D eigenvalue weighted by Gasteiger charge is -2.41. The molecule has 2 nitrogen and oxygen atoms in total. The van der Waals surface area contributed by atoms with Crippen LogP contribution in [-0.4, -0.2) is 18.6 Å². The summed E-state index contributed by atoms with van der Waals surface area (Å²) in [5, 5.41) is 0. The molecule has 1 heterocycles. The summed E-state index contributed by atoms with van der Waals surface area (Å²) >= 11 is 0. The molecule has 86 valence electrons. The highest BCUT2D eigenvalue weighted by atomic mass is 19.1. The molecule has 16 heavy (non-hydrogen) atoms. The van der Waals surface area contributed by atoms with E-state index in [0.717, 1.165) is 38.0 Å². The van der Waals surface area contributed by atoms with Crippen molar-refractivity contribution in [3.05, 3.63) is 29.6 Å². The minimum Gasteiger partial charge on any atom is -0.369 e. The molecule has 0 bridgehead atoms. The highest BCUT2D eigenvalue weighted by Crippen LogP contribution is 2.35. The third kappa shape index (κ3) is 1.59. The van der Waals surface area contributed by atoms with Crippen molar-refractivity contribution >= 4 is 5.69 Å². The van der Waals surface area contributed by atoms with Crippen molar-refractivity contribution in [2.24, 2.45) is 5.73 Å². The summed E-state index contributed by atoms with van der Waals surface area (Å²) in [5.74, 6) is -0.148. The van der Waals surface area contributed by atoms with Crippen molar-refractivity contribution in [3.63, 3.8) is 0 Å². The minimum absolute atomic E-state index is 0.0199. The van der Waals surface area contributed by atoms with E-state index in [-0.39, 0.29) is 11.4 Å². The SMILES string of the molecule is NC1(CN2CCc3ccc(F)cc32)CCC1. The molecule has 2 aliphatic rings. The van der Waals surface area contributed by atoms with Gasteiger partial charge in [-0.2, -0.15) is 0 Å². The second-order valence-electron chi connectivity index (χ2n) is 5.16. The van der Waals surface area contributed by atoms with Gasteiger partial charge in [0.15, 0.2) is 0 Å². The molecule has 1 aliphatic heterocycles. The molecular formula is C13H17FN2. The lowest BCUT2D eigenvalue weighted by molar-refractivity contribution is 0.253. The zero-order chi connectivity index (χ0) is 11.2. The molecule has 1 fully saturated rings. The van der Waals surface area contributed by atoms with Crippen LogP contribution in [0.4, 0.5) is 10.1 Å². The van der Waals surface area contributed by atoms with Crippen molar-refractivity contribution in [3.8, 4) is 0 Å². The van der Waals surface area contributed by atoms with Gasteiger partial charge in [-0.3, -0.25) is 0 Å². The molecule has 1 aromatic carbocycles. The van der Waals surface area contributed by atoms with E-state index >= 15 is 0 Å². The summed E-state index contributed by atoms with van der Waals surface area (Å²) in [6.45, 7) is 1.86. The molecule has 0 atom stereocenters. The first-order valence-corrected chi connectivity index (χ1v) is 5.99. The van der Waals surface area contributed by atoms with E-state index in [0.29, 0.717) is 0 Å². The van der Waals surface area contributed by atoms with Crippen LogP contribution in [0.25, 0.3) is 0 Å². The molecular weight excluding hydrogens is 203 g/mol. The maximum absolute atomic E-state index is 13.2. The Morgan fingerprint density at radius 3 is 2.88 bits per heavy atom. The fraction of sp³-hybridized carbons (Fsp3) is 0.538. The van der Waals surface area contributed by atoms with Gasteiger partial charge in [-0.05, 0) is 43.4 Å². The lowest BCUT2D eigenvalue weighted by atomic mass is 9.77. The monoisotopic (exact) mass is 220 g/mol. The van der Waals surface area contributed by atoms with Crippen LogP contribution in [0.1, 0.15) is 24.8 Å². The molecule has 1 aromatic rings. The molecule has 0 radical (unpaired) electrons. The summed E-state index contributed by atoms with van der Waals surface area (Å²) in [6.07, 6.45) is 4.47. The fourth-order valence-electron chi connectivity index (χ4n) is 2.75. The Labute approximate surface area is 95.2 Å². The third-order valence-corrected chi connectivity index (χ3v) is 3.89. The van der Waals surface area contributed by atoms with Gasteiger partial charge in [0.2, 0.25) is 0 Å². The zero-order valence-electron chi connectivity index (χ0n) is 9.38. The van der Waals surface area contributed by atoms with E-state index < -0.39 is 0 Å². The molecule has 0 spiro atoms. The van der Waals surface area contributed by atoms with Gasteiger partial charge in [-0.25, -0.2) is 4.39 Å². The number of fused-ring (bicyclic) bond motifs is 1. The Balaban J connectivity index is 1.82. The van der Waals surface area contributed by atoms with E-state index in [2.05, 4.69) is 4.90 Å². The molecule has 2 N–H and O–H groups in total. The normalized spacial score (nSPS) is 21.8. The van der Waals surface area contributed by atoms with Gasteiger partial charge in [-0.15, -0.1) is 0 Å². The second kappa shape index (κ2) is 3.45. The first-order chi connectivity index (χ1) is 7.66. The van der Waals surface area contributed by atoms with Crippen molar-refractivity contribution in [1.29, 1.82) is 0 Å². The molecule has 0 aromatic heterocycles. The summed E-state index contributed by atoms with van der Waals surface area (Å²) in [6, 6.07) is 5.09. The Hall–Kier alpha value is -1.09. The summed E-state index contributed by atoms with van der Waals surface area (Å²) in [5.41, 5.74) is 8.53. The maximum Gasteiger partial charge on any atom is 0.125 e. The van der Waals surface area contributed by atoms with E-state index in [1.54, 1.807) is 12.1 Å². The highest BCUT2D eigenvalue weighted by Gasteiger charge is 2.35. The van der Waals surface area contributed by atoms with Gasteiger partial charge in [0.1, 0.15) is 5.82 Å². The van der Waals surface area contributed by atoms with Crippen LogP contribution in [0.2, 0.25) is 0 Å². The Kier molecular flexibility index (Phi) is 2.18. The number of hydrogen-bond acceptors (Lipinski definition) is 2. The second-order valence-corrected chi connectivity index (χ2v) is 5.16.